The van der Waals surface area contributed by atoms with Gasteiger partial charge in [-0.3, -0.25) is 4.57 Å². The SMILES string of the molecule is c1ccc(-c2cc3nc(-n4c5ccc(-c6ccc7c(c6)Sc6ccccc6S7)cc5c5c6ccccc6ccc54)nc(-c4ccccc4)c3o2)cc1. The molecule has 0 saturated heterocycles. The quantitative estimate of drug-likeness (QED) is 0.183. The minimum Gasteiger partial charge on any atom is -0.452 e. The van der Waals surface area contributed by atoms with E-state index in [1.165, 1.54) is 46.9 Å². The molecular weight excluding hydrogens is 675 g/mol. The molecule has 0 N–H and O–H groups in total. The van der Waals surface area contributed by atoms with Crippen molar-refractivity contribution >= 4 is 67.2 Å². The molecule has 0 atom stereocenters. The van der Waals surface area contributed by atoms with Crippen molar-refractivity contribution in [2.75, 3.05) is 0 Å². The van der Waals surface area contributed by atoms with Gasteiger partial charge in [0.1, 0.15) is 17.0 Å². The number of hydrogen-bond acceptors (Lipinski definition) is 5. The first-order valence-corrected chi connectivity index (χ1v) is 18.9. The van der Waals surface area contributed by atoms with Gasteiger partial charge < -0.3 is 4.42 Å². The maximum atomic E-state index is 6.53. The molecule has 244 valence electrons. The molecule has 4 nitrogen and oxygen atoms in total. The molecule has 52 heavy (non-hydrogen) atoms. The van der Waals surface area contributed by atoms with Crippen LogP contribution in [-0.2, 0) is 0 Å². The summed E-state index contributed by atoms with van der Waals surface area (Å²) >= 11 is 3.70. The first kappa shape index (κ1) is 29.6. The van der Waals surface area contributed by atoms with Crippen LogP contribution in [0.3, 0.4) is 0 Å². The molecular formula is C46H27N3OS2. The number of aromatic nitrogens is 3. The molecule has 6 heteroatoms. The van der Waals surface area contributed by atoms with E-state index in [1.54, 1.807) is 0 Å². The second-order valence-electron chi connectivity index (χ2n) is 13.0. The van der Waals surface area contributed by atoms with E-state index in [1.807, 2.05) is 66.0 Å². The fourth-order valence-electron chi connectivity index (χ4n) is 7.45. The predicted octanol–water partition coefficient (Wildman–Crippen LogP) is 13.1. The molecule has 7 aromatic carbocycles. The number of benzene rings is 7. The lowest BCUT2D eigenvalue weighted by Gasteiger charge is -2.19. The van der Waals surface area contributed by atoms with Crippen LogP contribution >= 0.6 is 23.5 Å². The van der Waals surface area contributed by atoms with Crippen molar-refractivity contribution in [3.05, 3.63) is 164 Å². The van der Waals surface area contributed by atoms with Crippen molar-refractivity contribution < 1.29 is 4.42 Å². The molecule has 0 amide bonds. The van der Waals surface area contributed by atoms with Gasteiger partial charge in [-0.15, -0.1) is 0 Å². The normalized spacial score (nSPS) is 12.5. The van der Waals surface area contributed by atoms with Gasteiger partial charge in [0.15, 0.2) is 5.58 Å². The summed E-state index contributed by atoms with van der Waals surface area (Å²) in [6.07, 6.45) is 0. The number of rotatable bonds is 4. The Labute approximate surface area is 307 Å². The predicted molar refractivity (Wildman–Crippen MR) is 215 cm³/mol. The van der Waals surface area contributed by atoms with Gasteiger partial charge in [0.05, 0.1) is 11.0 Å². The van der Waals surface area contributed by atoms with Crippen molar-refractivity contribution in [2.24, 2.45) is 0 Å². The molecule has 11 rings (SSSR count). The Morgan fingerprint density at radius 2 is 1.12 bits per heavy atom. The number of fused-ring (bicyclic) bond motifs is 8. The summed E-state index contributed by atoms with van der Waals surface area (Å²) < 4.78 is 8.75. The van der Waals surface area contributed by atoms with E-state index in [9.17, 15) is 0 Å². The molecule has 0 bridgehead atoms. The molecule has 0 unspecified atom stereocenters. The second-order valence-corrected chi connectivity index (χ2v) is 15.2. The summed E-state index contributed by atoms with van der Waals surface area (Å²) in [6.45, 7) is 0. The minimum absolute atomic E-state index is 0.607. The van der Waals surface area contributed by atoms with Gasteiger partial charge in [-0.25, -0.2) is 9.97 Å². The Balaban J connectivity index is 1.15. The Morgan fingerprint density at radius 1 is 0.462 bits per heavy atom. The molecule has 0 aliphatic carbocycles. The highest BCUT2D eigenvalue weighted by molar-refractivity contribution is 8.05. The molecule has 10 aromatic rings. The first-order chi connectivity index (χ1) is 25.7. The van der Waals surface area contributed by atoms with Crippen LogP contribution in [0.5, 0.6) is 0 Å². The van der Waals surface area contributed by atoms with Crippen LogP contribution in [0.4, 0.5) is 0 Å². The van der Waals surface area contributed by atoms with Crippen molar-refractivity contribution in [3.8, 4) is 39.7 Å². The fourth-order valence-corrected chi connectivity index (χ4v) is 9.70. The molecule has 0 fully saturated rings. The van der Waals surface area contributed by atoms with Crippen LogP contribution in [0.2, 0.25) is 0 Å². The number of furan rings is 1. The van der Waals surface area contributed by atoms with Gasteiger partial charge in [-0.2, -0.15) is 0 Å². The van der Waals surface area contributed by atoms with Crippen LogP contribution in [0.15, 0.2) is 188 Å². The lowest BCUT2D eigenvalue weighted by Crippen LogP contribution is -2.02. The van der Waals surface area contributed by atoms with Gasteiger partial charge in [0, 0.05) is 47.5 Å². The van der Waals surface area contributed by atoms with E-state index < -0.39 is 0 Å². The zero-order valence-corrected chi connectivity index (χ0v) is 29.3. The van der Waals surface area contributed by atoms with Gasteiger partial charge in [0.25, 0.3) is 0 Å². The van der Waals surface area contributed by atoms with Crippen LogP contribution in [0, 0.1) is 0 Å². The van der Waals surface area contributed by atoms with Crippen LogP contribution < -0.4 is 0 Å². The van der Waals surface area contributed by atoms with E-state index in [4.69, 9.17) is 14.4 Å². The third-order valence-electron chi connectivity index (χ3n) is 9.89. The summed E-state index contributed by atoms with van der Waals surface area (Å²) in [5.41, 5.74) is 8.67. The Hall–Kier alpha value is -6.08. The van der Waals surface area contributed by atoms with E-state index in [0.29, 0.717) is 11.5 Å². The third kappa shape index (κ3) is 4.72. The largest absolute Gasteiger partial charge is 0.452 e. The summed E-state index contributed by atoms with van der Waals surface area (Å²) in [7, 11) is 0. The monoisotopic (exact) mass is 701 g/mol. The van der Waals surface area contributed by atoms with Crippen LogP contribution in [0.25, 0.3) is 83.3 Å². The molecule has 0 saturated carbocycles. The van der Waals surface area contributed by atoms with E-state index in [-0.39, 0.29) is 0 Å². The van der Waals surface area contributed by atoms with Gasteiger partial charge in [-0.05, 0) is 64.4 Å². The summed E-state index contributed by atoms with van der Waals surface area (Å²) in [5.74, 6) is 1.37. The minimum atomic E-state index is 0.607. The second kappa shape index (κ2) is 11.7. The molecule has 0 radical (unpaired) electrons. The van der Waals surface area contributed by atoms with Crippen molar-refractivity contribution in [2.45, 2.75) is 19.6 Å². The Morgan fingerprint density at radius 3 is 1.94 bits per heavy atom. The Bertz CT molecular complexity index is 3020. The summed E-state index contributed by atoms with van der Waals surface area (Å²) in [4.78, 5) is 15.7. The fraction of sp³-hybridized carbons (Fsp3) is 0. The van der Waals surface area contributed by atoms with Crippen molar-refractivity contribution in [1.29, 1.82) is 0 Å². The molecule has 4 heterocycles. The highest BCUT2D eigenvalue weighted by atomic mass is 32.2. The Kier molecular flexibility index (Phi) is 6.69. The summed E-state index contributed by atoms with van der Waals surface area (Å²) in [5, 5.41) is 4.75. The maximum absolute atomic E-state index is 6.53. The number of hydrogen-bond donors (Lipinski definition) is 0. The first-order valence-electron chi connectivity index (χ1n) is 17.2. The van der Waals surface area contributed by atoms with E-state index >= 15 is 0 Å². The lowest BCUT2D eigenvalue weighted by molar-refractivity contribution is 0.630. The highest BCUT2D eigenvalue weighted by Gasteiger charge is 2.22. The third-order valence-corrected chi connectivity index (χ3v) is 12.4. The molecule has 1 aliphatic heterocycles. The van der Waals surface area contributed by atoms with E-state index in [2.05, 4.69) is 126 Å². The average molecular weight is 702 g/mol. The topological polar surface area (TPSA) is 43.9 Å². The van der Waals surface area contributed by atoms with Gasteiger partial charge >= 0.3 is 0 Å². The summed E-state index contributed by atoms with van der Waals surface area (Å²) in [6, 6.07) is 57.8. The average Bonchev–Trinajstić information content (AvgIpc) is 3.79. The van der Waals surface area contributed by atoms with Gasteiger partial charge in [-0.1, -0.05) is 139 Å². The van der Waals surface area contributed by atoms with Crippen LogP contribution in [0.1, 0.15) is 0 Å². The lowest BCUT2D eigenvalue weighted by atomic mass is 10.00. The van der Waals surface area contributed by atoms with Gasteiger partial charge in [0.2, 0.25) is 5.95 Å². The van der Waals surface area contributed by atoms with Crippen molar-refractivity contribution in [1.82, 2.24) is 14.5 Å². The zero-order chi connectivity index (χ0) is 34.2. The zero-order valence-electron chi connectivity index (χ0n) is 27.7. The maximum Gasteiger partial charge on any atom is 0.236 e. The molecule has 3 aromatic heterocycles. The van der Waals surface area contributed by atoms with E-state index in [0.717, 1.165) is 44.5 Å². The molecule has 0 spiro atoms. The van der Waals surface area contributed by atoms with Crippen molar-refractivity contribution in [3.63, 3.8) is 0 Å². The number of nitrogens with zero attached hydrogens (tertiary/aromatic N) is 3. The highest BCUT2D eigenvalue weighted by Crippen LogP contribution is 2.49. The smallest absolute Gasteiger partial charge is 0.236 e. The molecule has 1 aliphatic rings. The van der Waals surface area contributed by atoms with Crippen LogP contribution in [-0.4, -0.2) is 14.5 Å². The standard InChI is InChI=1S/C46H27N3OS2/c1-3-12-29(13-4-1)38-27-35-45(50-38)44(30-14-5-2-6-15-30)48-46(47-35)49-36-22-20-31(25-34(36)43-33-16-8-7-11-28(33)19-23-37(43)49)32-21-24-41-42(26-32)52-40-18-10-9-17-39(40)51-41/h1-27H.